The van der Waals surface area contributed by atoms with E-state index >= 15 is 0 Å². The highest BCUT2D eigenvalue weighted by Crippen LogP contribution is 2.15. The highest BCUT2D eigenvalue weighted by Gasteiger charge is 2.03. The van der Waals surface area contributed by atoms with Crippen LogP contribution in [0.5, 0.6) is 0 Å². The molecule has 0 bridgehead atoms. The minimum absolute atomic E-state index is 0.339. The van der Waals surface area contributed by atoms with E-state index in [4.69, 9.17) is 4.42 Å². The Balaban J connectivity index is 1.62. The van der Waals surface area contributed by atoms with Gasteiger partial charge in [0.15, 0.2) is 5.58 Å². The van der Waals surface area contributed by atoms with Crippen molar-refractivity contribution in [2.75, 3.05) is 5.43 Å². The molecule has 0 aliphatic rings. The van der Waals surface area contributed by atoms with Crippen LogP contribution >= 0.6 is 0 Å². The van der Waals surface area contributed by atoms with Crippen LogP contribution in [0.1, 0.15) is 17.3 Å². The Morgan fingerprint density at radius 1 is 1.13 bits per heavy atom. The number of oxazole rings is 1. The first-order chi connectivity index (χ1) is 11.1. The number of aromatic nitrogens is 3. The lowest BCUT2D eigenvalue weighted by Crippen LogP contribution is -2.28. The fourth-order valence-corrected chi connectivity index (χ4v) is 2.05. The summed E-state index contributed by atoms with van der Waals surface area (Å²) in [6, 6.07) is 9.24. The van der Waals surface area contributed by atoms with Gasteiger partial charge in [-0.05, 0) is 32.0 Å². The summed E-state index contributed by atoms with van der Waals surface area (Å²) in [5.74, 6) is 0.338. The zero-order chi connectivity index (χ0) is 16.2. The first-order valence-corrected chi connectivity index (χ1v) is 7.02. The molecule has 23 heavy (non-hydrogen) atoms. The molecule has 7 nitrogen and oxygen atoms in total. The van der Waals surface area contributed by atoms with Crippen LogP contribution < -0.4 is 10.9 Å². The lowest BCUT2D eigenvalue weighted by molar-refractivity contribution is -0.116. The number of aryl methyl sites for hydroxylation is 2. The summed E-state index contributed by atoms with van der Waals surface area (Å²) < 4.78 is 5.49. The number of para-hydroxylation sites is 2. The van der Waals surface area contributed by atoms with Crippen LogP contribution in [0.15, 0.2) is 40.8 Å². The Morgan fingerprint density at radius 2 is 1.87 bits per heavy atom. The van der Waals surface area contributed by atoms with Gasteiger partial charge in [0.1, 0.15) is 5.52 Å². The normalized spacial score (nSPS) is 11.0. The van der Waals surface area contributed by atoms with Crippen molar-refractivity contribution in [1.29, 1.82) is 0 Å². The van der Waals surface area contributed by atoms with E-state index in [1.165, 1.54) is 12.2 Å². The number of amides is 1. The van der Waals surface area contributed by atoms with E-state index in [-0.39, 0.29) is 5.91 Å². The van der Waals surface area contributed by atoms with Crippen LogP contribution in [-0.2, 0) is 4.79 Å². The number of benzene rings is 1. The highest BCUT2D eigenvalue weighted by molar-refractivity contribution is 5.92. The minimum atomic E-state index is -0.366. The molecule has 0 radical (unpaired) electrons. The molecule has 3 rings (SSSR count). The van der Waals surface area contributed by atoms with Gasteiger partial charge in [0.2, 0.25) is 11.8 Å². The summed E-state index contributed by atoms with van der Waals surface area (Å²) >= 11 is 0. The van der Waals surface area contributed by atoms with E-state index in [2.05, 4.69) is 25.8 Å². The van der Waals surface area contributed by atoms with Gasteiger partial charge < -0.3 is 4.42 Å². The monoisotopic (exact) mass is 309 g/mol. The van der Waals surface area contributed by atoms with Gasteiger partial charge in [-0.25, -0.2) is 15.0 Å². The molecule has 1 aromatic carbocycles. The van der Waals surface area contributed by atoms with Crippen molar-refractivity contribution < 1.29 is 9.21 Å². The van der Waals surface area contributed by atoms with Crippen molar-refractivity contribution in [3.8, 4) is 0 Å². The molecule has 0 aliphatic heterocycles. The Bertz CT molecular complexity index is 832. The maximum Gasteiger partial charge on any atom is 0.262 e. The summed E-state index contributed by atoms with van der Waals surface area (Å²) in [5, 5.41) is 0. The molecule has 0 aliphatic carbocycles. The molecular formula is C16H15N5O2. The fourth-order valence-electron chi connectivity index (χ4n) is 2.05. The van der Waals surface area contributed by atoms with Crippen LogP contribution in [-0.4, -0.2) is 20.9 Å². The largest absolute Gasteiger partial charge is 0.437 e. The predicted octanol–water partition coefficient (Wildman–Crippen LogP) is 2.39. The third kappa shape index (κ3) is 3.70. The number of anilines is 1. The molecule has 3 aromatic rings. The van der Waals surface area contributed by atoms with Gasteiger partial charge >= 0.3 is 0 Å². The topological polar surface area (TPSA) is 92.9 Å². The summed E-state index contributed by atoms with van der Waals surface area (Å²) in [6.07, 6.45) is 2.82. The van der Waals surface area contributed by atoms with Gasteiger partial charge in [0.25, 0.3) is 5.91 Å². The molecule has 0 saturated carbocycles. The Hall–Kier alpha value is -3.22. The molecule has 7 heteroatoms. The number of nitrogens with one attached hydrogen (secondary N) is 2. The zero-order valence-corrected chi connectivity index (χ0v) is 12.7. The third-order valence-electron chi connectivity index (χ3n) is 2.97. The highest BCUT2D eigenvalue weighted by atomic mass is 16.3. The molecule has 2 heterocycles. The van der Waals surface area contributed by atoms with Gasteiger partial charge in [-0.1, -0.05) is 12.1 Å². The fraction of sp³-hybridized carbons (Fsp3) is 0.125. The van der Waals surface area contributed by atoms with Crippen LogP contribution in [0.3, 0.4) is 0 Å². The predicted molar refractivity (Wildman–Crippen MR) is 86.3 cm³/mol. The van der Waals surface area contributed by atoms with Gasteiger partial charge in [0, 0.05) is 23.5 Å². The Labute approximate surface area is 132 Å². The molecule has 116 valence electrons. The second-order valence-corrected chi connectivity index (χ2v) is 4.94. The van der Waals surface area contributed by atoms with Crippen molar-refractivity contribution in [3.63, 3.8) is 0 Å². The minimum Gasteiger partial charge on any atom is -0.437 e. The maximum absolute atomic E-state index is 11.8. The number of hydrazine groups is 1. The van der Waals surface area contributed by atoms with Gasteiger partial charge in [-0.3, -0.25) is 15.6 Å². The molecule has 1 amide bonds. The number of fused-ring (bicyclic) bond motifs is 1. The molecule has 0 atom stereocenters. The van der Waals surface area contributed by atoms with Crippen LogP contribution in [0.2, 0.25) is 0 Å². The SMILES string of the molecule is Cc1cc(C)nc(NNC(=O)C=Cc2nc3ccccc3o2)n1. The van der Waals surface area contributed by atoms with Gasteiger partial charge in [0.05, 0.1) is 0 Å². The Kier molecular flexibility index (Phi) is 4.01. The second-order valence-electron chi connectivity index (χ2n) is 4.94. The van der Waals surface area contributed by atoms with Crippen LogP contribution in [0.25, 0.3) is 17.2 Å². The second kappa shape index (κ2) is 6.27. The standard InChI is InChI=1S/C16H15N5O2/c1-10-9-11(2)18-16(17-10)21-20-14(22)7-8-15-19-12-5-3-4-6-13(12)23-15/h3-9H,1-2H3,(H,20,22)(H,17,18,21). The number of hydrogen-bond acceptors (Lipinski definition) is 6. The summed E-state index contributed by atoms with van der Waals surface area (Å²) in [6.45, 7) is 3.71. The molecule has 0 unspecified atom stereocenters. The number of nitrogens with zero attached hydrogens (tertiary/aromatic N) is 3. The summed E-state index contributed by atoms with van der Waals surface area (Å²) in [5.41, 5.74) is 8.20. The van der Waals surface area contributed by atoms with E-state index in [1.807, 2.05) is 44.2 Å². The van der Waals surface area contributed by atoms with E-state index in [0.717, 1.165) is 16.9 Å². The average molecular weight is 309 g/mol. The quantitative estimate of drug-likeness (QED) is 0.568. The first kappa shape index (κ1) is 14.7. The van der Waals surface area contributed by atoms with Gasteiger partial charge in [-0.15, -0.1) is 0 Å². The van der Waals surface area contributed by atoms with Crippen molar-refractivity contribution in [2.24, 2.45) is 0 Å². The van der Waals surface area contributed by atoms with Gasteiger partial charge in [-0.2, -0.15) is 0 Å². The lowest BCUT2D eigenvalue weighted by Gasteiger charge is -2.06. The van der Waals surface area contributed by atoms with E-state index in [9.17, 15) is 4.79 Å². The average Bonchev–Trinajstić information content (AvgIpc) is 2.93. The van der Waals surface area contributed by atoms with Crippen molar-refractivity contribution in [2.45, 2.75) is 13.8 Å². The van der Waals surface area contributed by atoms with Crippen LogP contribution in [0, 0.1) is 13.8 Å². The first-order valence-electron chi connectivity index (χ1n) is 7.02. The smallest absolute Gasteiger partial charge is 0.262 e. The third-order valence-corrected chi connectivity index (χ3v) is 2.97. The molecule has 2 N–H and O–H groups in total. The molecule has 2 aromatic heterocycles. The van der Waals surface area contributed by atoms with E-state index in [1.54, 1.807) is 0 Å². The summed E-state index contributed by atoms with van der Waals surface area (Å²) in [7, 11) is 0. The zero-order valence-electron chi connectivity index (χ0n) is 12.7. The number of carbonyl (C=O) groups excluding carboxylic acids is 1. The van der Waals surface area contributed by atoms with E-state index < -0.39 is 0 Å². The van der Waals surface area contributed by atoms with Crippen LogP contribution in [0.4, 0.5) is 5.95 Å². The van der Waals surface area contributed by atoms with E-state index in [0.29, 0.717) is 17.4 Å². The molecule has 0 spiro atoms. The number of rotatable bonds is 4. The lowest BCUT2D eigenvalue weighted by atomic mass is 10.3. The number of carbonyl (C=O) groups is 1. The van der Waals surface area contributed by atoms with Crippen molar-refractivity contribution >= 4 is 29.0 Å². The Morgan fingerprint density at radius 3 is 2.61 bits per heavy atom. The molecular weight excluding hydrogens is 294 g/mol. The van der Waals surface area contributed by atoms with Crippen molar-refractivity contribution in [3.05, 3.63) is 53.7 Å². The summed E-state index contributed by atoms with van der Waals surface area (Å²) in [4.78, 5) is 24.4. The molecule has 0 fully saturated rings. The maximum atomic E-state index is 11.8. The molecule has 0 saturated heterocycles. The number of hydrogen-bond donors (Lipinski definition) is 2. The van der Waals surface area contributed by atoms with Crippen molar-refractivity contribution in [1.82, 2.24) is 20.4 Å².